The summed E-state index contributed by atoms with van der Waals surface area (Å²) in [5.41, 5.74) is -2.42. The highest BCUT2D eigenvalue weighted by Gasteiger charge is 2.48. The van der Waals surface area contributed by atoms with Crippen molar-refractivity contribution in [3.8, 4) is 5.75 Å². The predicted molar refractivity (Wildman–Crippen MR) is 103 cm³/mol. The van der Waals surface area contributed by atoms with Crippen molar-refractivity contribution in [1.82, 2.24) is 4.90 Å². The lowest BCUT2D eigenvalue weighted by molar-refractivity contribution is -0.0500. The molecule has 2 aliphatic rings. The summed E-state index contributed by atoms with van der Waals surface area (Å²) in [7, 11) is -5.66. The lowest BCUT2D eigenvalue weighted by atomic mass is 9.93. The van der Waals surface area contributed by atoms with Gasteiger partial charge in [0.1, 0.15) is 5.75 Å². The zero-order chi connectivity index (χ0) is 20.6. The third kappa shape index (κ3) is 4.20. The maximum atomic E-state index is 12.5. The Labute approximate surface area is 167 Å². The van der Waals surface area contributed by atoms with E-state index in [9.17, 15) is 21.6 Å². The van der Waals surface area contributed by atoms with Crippen molar-refractivity contribution in [3.05, 3.63) is 59.7 Å². The summed E-state index contributed by atoms with van der Waals surface area (Å²) in [5, 5.41) is 0. The molecule has 0 aliphatic carbocycles. The summed E-state index contributed by atoms with van der Waals surface area (Å²) in [5.74, 6) is -0.303. The Kier molecular flexibility index (Phi) is 5.20. The van der Waals surface area contributed by atoms with Gasteiger partial charge in [0.05, 0.1) is 0 Å². The summed E-state index contributed by atoms with van der Waals surface area (Å²) in [6.07, 6.45) is 1.52. The molecule has 0 aromatic heterocycles. The topological polar surface area (TPSA) is 49.9 Å². The average Bonchev–Trinajstić information content (AvgIpc) is 2.67. The third-order valence-corrected chi connectivity index (χ3v) is 6.39. The molecule has 156 valence electrons. The normalized spacial score (nSPS) is 20.1. The van der Waals surface area contributed by atoms with Gasteiger partial charge in [-0.25, -0.2) is 0 Å². The first-order chi connectivity index (χ1) is 13.7. The van der Waals surface area contributed by atoms with Crippen molar-refractivity contribution in [2.24, 2.45) is 0 Å². The fraction of sp³-hybridized carbons (Fsp3) is 0.400. The van der Waals surface area contributed by atoms with Crippen molar-refractivity contribution in [2.45, 2.75) is 30.9 Å². The predicted octanol–water partition coefficient (Wildman–Crippen LogP) is 3.55. The largest absolute Gasteiger partial charge is 0.534 e. The lowest BCUT2D eigenvalue weighted by Gasteiger charge is -2.46. The van der Waals surface area contributed by atoms with Crippen LogP contribution in [0.25, 0.3) is 0 Å². The maximum Gasteiger partial charge on any atom is 0.534 e. The van der Waals surface area contributed by atoms with E-state index >= 15 is 0 Å². The molecule has 2 heterocycles. The number of nitrogens with zero attached hydrogens (tertiary/aromatic N) is 2. The van der Waals surface area contributed by atoms with Gasteiger partial charge in [0, 0.05) is 37.9 Å². The van der Waals surface area contributed by atoms with Crippen LogP contribution in [-0.2, 0) is 23.1 Å². The molecule has 2 aliphatic heterocycles. The average molecular weight is 426 g/mol. The van der Waals surface area contributed by atoms with Crippen LogP contribution in [-0.4, -0.2) is 44.5 Å². The van der Waals surface area contributed by atoms with Gasteiger partial charge in [0.2, 0.25) is 0 Å². The molecule has 4 rings (SSSR count). The molecule has 2 aromatic rings. The minimum absolute atomic E-state index is 0.303. The van der Waals surface area contributed by atoms with Crippen LogP contribution in [0.4, 0.5) is 18.9 Å². The minimum Gasteiger partial charge on any atom is -0.376 e. The highest BCUT2D eigenvalue weighted by atomic mass is 32.2. The van der Waals surface area contributed by atoms with Crippen molar-refractivity contribution in [2.75, 3.05) is 24.5 Å². The van der Waals surface area contributed by atoms with E-state index in [-0.39, 0.29) is 5.75 Å². The third-order valence-electron chi connectivity index (χ3n) is 5.41. The number of alkyl halides is 3. The second kappa shape index (κ2) is 7.53. The number of hydrogen-bond acceptors (Lipinski definition) is 5. The number of hydrogen-bond donors (Lipinski definition) is 0. The Morgan fingerprint density at radius 3 is 2.55 bits per heavy atom. The van der Waals surface area contributed by atoms with Crippen LogP contribution in [0.1, 0.15) is 17.5 Å². The smallest absolute Gasteiger partial charge is 0.376 e. The van der Waals surface area contributed by atoms with Gasteiger partial charge in [0.15, 0.2) is 0 Å². The molecule has 0 unspecified atom stereocenters. The maximum absolute atomic E-state index is 12.5. The number of fused-ring (bicyclic) bond motifs is 3. The Morgan fingerprint density at radius 1 is 1.07 bits per heavy atom. The monoisotopic (exact) mass is 426 g/mol. The molecule has 5 nitrogen and oxygen atoms in total. The van der Waals surface area contributed by atoms with Gasteiger partial charge in [-0.1, -0.05) is 30.3 Å². The summed E-state index contributed by atoms with van der Waals surface area (Å²) < 4.78 is 64.4. The molecular weight excluding hydrogens is 405 g/mol. The van der Waals surface area contributed by atoms with Gasteiger partial charge < -0.3 is 9.08 Å². The summed E-state index contributed by atoms with van der Waals surface area (Å²) in [6, 6.07) is 15.0. The van der Waals surface area contributed by atoms with E-state index in [4.69, 9.17) is 0 Å². The minimum atomic E-state index is -5.66. The molecule has 1 saturated heterocycles. The van der Waals surface area contributed by atoms with Crippen LogP contribution in [0, 0.1) is 0 Å². The second-order valence-corrected chi connectivity index (χ2v) is 8.92. The fourth-order valence-corrected chi connectivity index (χ4v) is 4.51. The summed E-state index contributed by atoms with van der Waals surface area (Å²) in [4.78, 5) is 4.68. The zero-order valence-electron chi connectivity index (χ0n) is 15.6. The van der Waals surface area contributed by atoms with E-state index in [1.54, 1.807) is 6.07 Å². The molecule has 29 heavy (non-hydrogen) atoms. The molecule has 2 aromatic carbocycles. The Morgan fingerprint density at radius 2 is 1.83 bits per heavy atom. The van der Waals surface area contributed by atoms with Gasteiger partial charge in [-0.15, -0.1) is 0 Å². The highest BCUT2D eigenvalue weighted by Crippen LogP contribution is 2.36. The van der Waals surface area contributed by atoms with Crippen LogP contribution >= 0.6 is 0 Å². The number of rotatable bonds is 4. The van der Waals surface area contributed by atoms with Crippen molar-refractivity contribution in [1.29, 1.82) is 0 Å². The first kappa shape index (κ1) is 20.0. The molecule has 0 radical (unpaired) electrons. The summed E-state index contributed by atoms with van der Waals surface area (Å²) >= 11 is 0. The number of anilines is 1. The molecule has 0 N–H and O–H groups in total. The van der Waals surface area contributed by atoms with Crippen molar-refractivity contribution < 1.29 is 25.8 Å². The molecular formula is C20H21F3N2O3S. The SMILES string of the molecule is O=S(=O)(Oc1ccc2c(c1)CC[C@@H]1CN(Cc3ccccc3)CCN21)C(F)(F)F. The quantitative estimate of drug-likeness (QED) is 0.553. The lowest BCUT2D eigenvalue weighted by Crippen LogP contribution is -2.54. The van der Waals surface area contributed by atoms with Gasteiger partial charge in [-0.05, 0) is 42.2 Å². The molecule has 0 saturated carbocycles. The van der Waals surface area contributed by atoms with E-state index in [1.807, 2.05) is 18.2 Å². The van der Waals surface area contributed by atoms with Crippen molar-refractivity contribution >= 4 is 15.8 Å². The van der Waals surface area contributed by atoms with E-state index in [0.717, 1.165) is 43.9 Å². The van der Waals surface area contributed by atoms with Crippen LogP contribution in [0.3, 0.4) is 0 Å². The number of halogens is 3. The summed E-state index contributed by atoms with van der Waals surface area (Å²) in [6.45, 7) is 3.49. The van der Waals surface area contributed by atoms with Crippen LogP contribution in [0.15, 0.2) is 48.5 Å². The van der Waals surface area contributed by atoms with Gasteiger partial charge in [-0.2, -0.15) is 21.6 Å². The van der Waals surface area contributed by atoms with Gasteiger partial charge in [0.25, 0.3) is 0 Å². The van der Waals surface area contributed by atoms with E-state index in [2.05, 4.69) is 26.1 Å². The van der Waals surface area contributed by atoms with Crippen molar-refractivity contribution in [3.63, 3.8) is 0 Å². The molecule has 1 atom stereocenters. The number of aryl methyl sites for hydroxylation is 1. The fourth-order valence-electron chi connectivity index (χ4n) is 4.06. The Balaban J connectivity index is 1.46. The second-order valence-electron chi connectivity index (χ2n) is 7.38. The molecule has 0 amide bonds. The first-order valence-electron chi connectivity index (χ1n) is 9.39. The molecule has 1 fully saturated rings. The first-order valence-corrected chi connectivity index (χ1v) is 10.8. The van der Waals surface area contributed by atoms with Crippen LogP contribution in [0.2, 0.25) is 0 Å². The Bertz CT molecular complexity index is 980. The highest BCUT2D eigenvalue weighted by molar-refractivity contribution is 7.88. The molecule has 9 heteroatoms. The molecule has 0 bridgehead atoms. The Hall–Kier alpha value is -2.26. The van der Waals surface area contributed by atoms with Crippen LogP contribution in [0.5, 0.6) is 5.75 Å². The number of piperazine rings is 1. The van der Waals surface area contributed by atoms with E-state index < -0.39 is 15.6 Å². The zero-order valence-corrected chi connectivity index (χ0v) is 16.4. The van der Waals surface area contributed by atoms with E-state index in [0.29, 0.717) is 12.5 Å². The molecule has 0 spiro atoms. The van der Waals surface area contributed by atoms with E-state index in [1.165, 1.54) is 17.7 Å². The number of benzene rings is 2. The van der Waals surface area contributed by atoms with Gasteiger partial charge >= 0.3 is 15.6 Å². The standard InChI is InChI=1S/C20H21F3N2O3S/c21-20(22,23)29(26,27)28-18-8-9-19-16(12-18)6-7-17-14-24(10-11-25(17)19)13-15-4-2-1-3-5-15/h1-5,8-9,12,17H,6-7,10-11,13-14H2/t17-/m1/s1. The van der Waals surface area contributed by atoms with Gasteiger partial charge in [-0.3, -0.25) is 4.90 Å². The van der Waals surface area contributed by atoms with Crippen LogP contribution < -0.4 is 9.08 Å².